The first-order valence-electron chi connectivity index (χ1n) is 6.07. The largest absolute Gasteiger partial charge is 0.491 e. The summed E-state index contributed by atoms with van der Waals surface area (Å²) in [4.78, 5) is 0. The first-order chi connectivity index (χ1) is 7.91. The van der Waals surface area contributed by atoms with Crippen LogP contribution in [-0.2, 0) is 5.67 Å². The summed E-state index contributed by atoms with van der Waals surface area (Å²) in [5.41, 5.74) is 4.62. The molecule has 2 N–H and O–H groups in total. The van der Waals surface area contributed by atoms with Crippen LogP contribution in [-0.4, -0.2) is 12.6 Å². The monoisotopic (exact) mass is 239 g/mol. The van der Waals surface area contributed by atoms with Crippen molar-refractivity contribution in [2.75, 3.05) is 6.54 Å². The van der Waals surface area contributed by atoms with Crippen molar-refractivity contribution in [3.8, 4) is 5.75 Å². The van der Waals surface area contributed by atoms with Crippen molar-refractivity contribution in [2.24, 2.45) is 11.7 Å². The smallest absolute Gasteiger partial charge is 0.153 e. The van der Waals surface area contributed by atoms with Crippen LogP contribution in [0.3, 0.4) is 0 Å². The maximum atomic E-state index is 14.9. The summed E-state index contributed by atoms with van der Waals surface area (Å²) >= 11 is 0. The predicted molar refractivity (Wildman–Crippen MR) is 68.9 cm³/mol. The number of hydrogen-bond donors (Lipinski definition) is 1. The average molecular weight is 239 g/mol. The van der Waals surface area contributed by atoms with Gasteiger partial charge in [0.2, 0.25) is 0 Å². The number of ether oxygens (including phenoxy) is 1. The summed E-state index contributed by atoms with van der Waals surface area (Å²) in [6.07, 6.45) is 0.0188. The van der Waals surface area contributed by atoms with Gasteiger partial charge in [0.05, 0.1) is 6.10 Å². The lowest BCUT2D eigenvalue weighted by Crippen LogP contribution is -2.36. The van der Waals surface area contributed by atoms with Crippen molar-refractivity contribution in [3.63, 3.8) is 0 Å². The molecule has 0 radical (unpaired) electrons. The molecule has 0 saturated carbocycles. The molecule has 17 heavy (non-hydrogen) atoms. The lowest BCUT2D eigenvalue weighted by Gasteiger charge is -2.30. The van der Waals surface area contributed by atoms with E-state index in [-0.39, 0.29) is 18.6 Å². The lowest BCUT2D eigenvalue weighted by molar-refractivity contribution is 0.102. The second-order valence-corrected chi connectivity index (χ2v) is 4.88. The van der Waals surface area contributed by atoms with Crippen molar-refractivity contribution in [1.29, 1.82) is 0 Å². The third kappa shape index (κ3) is 2.97. The summed E-state index contributed by atoms with van der Waals surface area (Å²) in [7, 11) is 0. The zero-order valence-corrected chi connectivity index (χ0v) is 11.0. The number of nitrogens with two attached hydrogens (primary N) is 1. The first kappa shape index (κ1) is 14.0. The number of benzene rings is 1. The van der Waals surface area contributed by atoms with E-state index in [1.807, 2.05) is 39.8 Å². The summed E-state index contributed by atoms with van der Waals surface area (Å²) < 4.78 is 20.5. The third-order valence-corrected chi connectivity index (χ3v) is 2.91. The van der Waals surface area contributed by atoms with Crippen LogP contribution in [0.5, 0.6) is 5.75 Å². The minimum Gasteiger partial charge on any atom is -0.491 e. The third-order valence-electron chi connectivity index (χ3n) is 2.91. The van der Waals surface area contributed by atoms with E-state index in [1.54, 1.807) is 12.1 Å². The maximum Gasteiger partial charge on any atom is 0.153 e. The lowest BCUT2D eigenvalue weighted by atomic mass is 9.84. The van der Waals surface area contributed by atoms with Crippen LogP contribution in [0.25, 0.3) is 0 Å². The molecular formula is C14H22FNO. The normalized spacial score (nSPS) is 15.1. The summed E-state index contributed by atoms with van der Waals surface area (Å²) in [5, 5.41) is 0. The molecule has 2 nitrogen and oxygen atoms in total. The quantitative estimate of drug-likeness (QED) is 0.856. The van der Waals surface area contributed by atoms with Crippen LogP contribution in [0.15, 0.2) is 24.3 Å². The van der Waals surface area contributed by atoms with Gasteiger partial charge in [-0.05, 0) is 25.8 Å². The van der Waals surface area contributed by atoms with E-state index in [0.29, 0.717) is 11.3 Å². The highest BCUT2D eigenvalue weighted by Crippen LogP contribution is 2.38. The Labute approximate surface area is 103 Å². The van der Waals surface area contributed by atoms with E-state index >= 15 is 0 Å². The molecule has 96 valence electrons. The Morgan fingerprint density at radius 3 is 2.29 bits per heavy atom. The molecule has 1 atom stereocenters. The standard InChI is InChI=1S/C14H22FNO/c1-10(2)14(15,9-16)12-7-5-6-8-13(12)17-11(3)4/h5-8,10-11H,9,16H2,1-4H3. The fourth-order valence-corrected chi connectivity index (χ4v) is 1.82. The van der Waals surface area contributed by atoms with Crippen molar-refractivity contribution >= 4 is 0 Å². The molecule has 0 fully saturated rings. The Hall–Kier alpha value is -1.09. The molecule has 0 amide bonds. The molecule has 0 aromatic heterocycles. The van der Waals surface area contributed by atoms with Gasteiger partial charge < -0.3 is 10.5 Å². The molecule has 0 aliphatic rings. The van der Waals surface area contributed by atoms with Crippen molar-refractivity contribution < 1.29 is 9.13 Å². The van der Waals surface area contributed by atoms with Crippen molar-refractivity contribution in [2.45, 2.75) is 39.5 Å². The fraction of sp³-hybridized carbons (Fsp3) is 0.571. The first-order valence-corrected chi connectivity index (χ1v) is 6.07. The molecule has 0 aliphatic carbocycles. The molecular weight excluding hydrogens is 217 g/mol. The Balaban J connectivity index is 3.19. The van der Waals surface area contributed by atoms with Gasteiger partial charge in [-0.2, -0.15) is 0 Å². The number of halogens is 1. The topological polar surface area (TPSA) is 35.2 Å². The number of para-hydroxylation sites is 1. The molecule has 3 heteroatoms. The van der Waals surface area contributed by atoms with Gasteiger partial charge in [0.25, 0.3) is 0 Å². The van der Waals surface area contributed by atoms with Crippen molar-refractivity contribution in [1.82, 2.24) is 0 Å². The fourth-order valence-electron chi connectivity index (χ4n) is 1.82. The second kappa shape index (κ2) is 5.50. The van der Waals surface area contributed by atoms with Crippen LogP contribution < -0.4 is 10.5 Å². The van der Waals surface area contributed by atoms with E-state index in [9.17, 15) is 4.39 Å². The molecule has 1 unspecified atom stereocenters. The van der Waals surface area contributed by atoms with Gasteiger partial charge >= 0.3 is 0 Å². The van der Waals surface area contributed by atoms with Gasteiger partial charge in [0.15, 0.2) is 5.67 Å². The van der Waals surface area contributed by atoms with Gasteiger partial charge in [-0.3, -0.25) is 0 Å². The van der Waals surface area contributed by atoms with E-state index < -0.39 is 5.67 Å². The number of hydrogen-bond acceptors (Lipinski definition) is 2. The van der Waals surface area contributed by atoms with Crippen molar-refractivity contribution in [3.05, 3.63) is 29.8 Å². The van der Waals surface area contributed by atoms with E-state index in [2.05, 4.69) is 0 Å². The minimum absolute atomic E-state index is 0.0188. The van der Waals surface area contributed by atoms with Crippen LogP contribution in [0, 0.1) is 5.92 Å². The Bertz CT molecular complexity index is 365. The van der Waals surface area contributed by atoms with Gasteiger partial charge in [-0.15, -0.1) is 0 Å². The van der Waals surface area contributed by atoms with Crippen LogP contribution >= 0.6 is 0 Å². The molecule has 0 bridgehead atoms. The second-order valence-electron chi connectivity index (χ2n) is 4.88. The van der Waals surface area contributed by atoms with E-state index in [4.69, 9.17) is 10.5 Å². The van der Waals surface area contributed by atoms with E-state index in [0.717, 1.165) is 0 Å². The average Bonchev–Trinajstić information content (AvgIpc) is 2.27. The molecule has 1 aromatic rings. The summed E-state index contributed by atoms with van der Waals surface area (Å²) in [6, 6.07) is 7.21. The van der Waals surface area contributed by atoms with Crippen LogP contribution in [0.2, 0.25) is 0 Å². The van der Waals surface area contributed by atoms with Crippen LogP contribution in [0.1, 0.15) is 33.3 Å². The van der Waals surface area contributed by atoms with Gasteiger partial charge in [-0.1, -0.05) is 32.0 Å². The van der Waals surface area contributed by atoms with Gasteiger partial charge in [0.1, 0.15) is 5.75 Å². The highest BCUT2D eigenvalue weighted by molar-refractivity contribution is 5.39. The van der Waals surface area contributed by atoms with Gasteiger partial charge in [-0.25, -0.2) is 4.39 Å². The Morgan fingerprint density at radius 2 is 1.82 bits per heavy atom. The zero-order chi connectivity index (χ0) is 13.1. The molecule has 0 saturated heterocycles. The van der Waals surface area contributed by atoms with Gasteiger partial charge in [0, 0.05) is 12.1 Å². The molecule has 0 aliphatic heterocycles. The highest BCUT2D eigenvalue weighted by Gasteiger charge is 2.36. The van der Waals surface area contributed by atoms with E-state index in [1.165, 1.54) is 0 Å². The Kier molecular flexibility index (Phi) is 4.52. The summed E-state index contributed by atoms with van der Waals surface area (Å²) in [5.74, 6) is 0.397. The molecule has 1 aromatic carbocycles. The van der Waals surface area contributed by atoms with Crippen LogP contribution in [0.4, 0.5) is 4.39 Å². The molecule has 1 rings (SSSR count). The summed E-state index contributed by atoms with van der Waals surface area (Å²) in [6.45, 7) is 7.48. The Morgan fingerprint density at radius 1 is 1.24 bits per heavy atom. The zero-order valence-electron chi connectivity index (χ0n) is 11.0. The molecule has 0 spiro atoms. The molecule has 0 heterocycles. The highest BCUT2D eigenvalue weighted by atomic mass is 19.1. The number of rotatable bonds is 5. The maximum absolute atomic E-state index is 14.9. The SMILES string of the molecule is CC(C)Oc1ccccc1C(F)(CN)C(C)C. The number of alkyl halides is 1. The minimum atomic E-state index is -1.54. The predicted octanol–water partition coefficient (Wildman–Crippen LogP) is 3.25.